The molecule has 2 heterocycles. The van der Waals surface area contributed by atoms with Crippen LogP contribution >= 0.6 is 11.8 Å². The molecule has 0 spiro atoms. The molecule has 2 rings (SSSR count). The molecular weight excluding hydrogens is 224 g/mol. The first kappa shape index (κ1) is 10.6. The summed E-state index contributed by atoms with van der Waals surface area (Å²) in [6, 6.07) is 5.01. The van der Waals surface area contributed by atoms with Gasteiger partial charge in [-0.2, -0.15) is 0 Å². The molecule has 80 valence electrons. The molecular formula is C10H8N4OS. The largest absolute Gasteiger partial charge is 0.366 e. The molecule has 2 N–H and O–H groups in total. The van der Waals surface area contributed by atoms with Gasteiger partial charge in [-0.15, -0.1) is 0 Å². The highest BCUT2D eigenvalue weighted by Crippen LogP contribution is 2.24. The molecule has 0 aliphatic carbocycles. The standard InChI is InChI=1S/C10H8N4OS/c11-8(15)7-3-1-4-12-9(7)16-10-13-5-2-6-14-10/h1-6H,(H2,11,15). The maximum Gasteiger partial charge on any atom is 0.251 e. The zero-order chi connectivity index (χ0) is 11.4. The van der Waals surface area contributed by atoms with Gasteiger partial charge in [-0.3, -0.25) is 4.79 Å². The fourth-order valence-electron chi connectivity index (χ4n) is 1.08. The number of aromatic nitrogens is 3. The van der Waals surface area contributed by atoms with Crippen LogP contribution in [-0.4, -0.2) is 20.9 Å². The Morgan fingerprint density at radius 1 is 1.12 bits per heavy atom. The lowest BCUT2D eigenvalue weighted by atomic mass is 10.3. The van der Waals surface area contributed by atoms with E-state index < -0.39 is 5.91 Å². The molecule has 0 fully saturated rings. The van der Waals surface area contributed by atoms with E-state index in [1.807, 2.05) is 0 Å². The van der Waals surface area contributed by atoms with Gasteiger partial charge >= 0.3 is 0 Å². The highest BCUT2D eigenvalue weighted by Gasteiger charge is 2.10. The molecule has 6 heteroatoms. The normalized spacial score (nSPS) is 10.0. The summed E-state index contributed by atoms with van der Waals surface area (Å²) in [5.41, 5.74) is 5.61. The van der Waals surface area contributed by atoms with Gasteiger partial charge in [0.25, 0.3) is 5.91 Å². The fraction of sp³-hybridized carbons (Fsp3) is 0. The molecule has 2 aromatic heterocycles. The Bertz CT molecular complexity index is 503. The van der Waals surface area contributed by atoms with Crippen LogP contribution in [0.1, 0.15) is 10.4 Å². The molecule has 0 aliphatic heterocycles. The second-order valence-electron chi connectivity index (χ2n) is 2.85. The zero-order valence-corrected chi connectivity index (χ0v) is 9.02. The summed E-state index contributed by atoms with van der Waals surface area (Å²) < 4.78 is 0. The van der Waals surface area contributed by atoms with Gasteiger partial charge in [-0.05, 0) is 30.0 Å². The average Bonchev–Trinajstić information content (AvgIpc) is 2.31. The van der Waals surface area contributed by atoms with Crippen molar-refractivity contribution in [2.24, 2.45) is 5.73 Å². The van der Waals surface area contributed by atoms with Gasteiger partial charge in [0, 0.05) is 18.6 Å². The van der Waals surface area contributed by atoms with E-state index in [0.29, 0.717) is 15.7 Å². The van der Waals surface area contributed by atoms with E-state index in [2.05, 4.69) is 15.0 Å². The molecule has 1 amide bonds. The summed E-state index contributed by atoms with van der Waals surface area (Å²) in [5.74, 6) is -0.508. The second-order valence-corrected chi connectivity index (χ2v) is 3.81. The molecule has 0 saturated carbocycles. The van der Waals surface area contributed by atoms with Gasteiger partial charge in [0.2, 0.25) is 0 Å². The summed E-state index contributed by atoms with van der Waals surface area (Å²) in [7, 11) is 0. The van der Waals surface area contributed by atoms with Crippen LogP contribution in [0.15, 0.2) is 47.0 Å². The quantitative estimate of drug-likeness (QED) is 0.802. The third kappa shape index (κ3) is 2.34. The van der Waals surface area contributed by atoms with Crippen molar-refractivity contribution in [1.29, 1.82) is 0 Å². The fourth-order valence-corrected chi connectivity index (χ4v) is 1.88. The molecule has 0 unspecified atom stereocenters. The number of rotatable bonds is 3. The monoisotopic (exact) mass is 232 g/mol. The van der Waals surface area contributed by atoms with E-state index in [9.17, 15) is 4.79 Å². The van der Waals surface area contributed by atoms with E-state index in [1.54, 1.807) is 36.8 Å². The molecule has 0 atom stereocenters. The molecule has 0 radical (unpaired) electrons. The van der Waals surface area contributed by atoms with Crippen molar-refractivity contribution in [1.82, 2.24) is 15.0 Å². The van der Waals surface area contributed by atoms with E-state index in [-0.39, 0.29) is 0 Å². The first-order valence-corrected chi connectivity index (χ1v) is 5.28. The van der Waals surface area contributed by atoms with Gasteiger partial charge in [0.05, 0.1) is 5.56 Å². The molecule has 0 saturated heterocycles. The number of pyridine rings is 1. The van der Waals surface area contributed by atoms with Crippen molar-refractivity contribution in [3.05, 3.63) is 42.4 Å². The van der Waals surface area contributed by atoms with E-state index in [0.717, 1.165) is 0 Å². The summed E-state index contributed by atoms with van der Waals surface area (Å²) in [6.07, 6.45) is 4.85. The maximum absolute atomic E-state index is 11.1. The van der Waals surface area contributed by atoms with Crippen LogP contribution in [-0.2, 0) is 0 Å². The minimum atomic E-state index is -0.508. The molecule has 16 heavy (non-hydrogen) atoms. The number of amides is 1. The molecule has 0 aromatic carbocycles. The third-order valence-corrected chi connectivity index (χ3v) is 2.68. The lowest BCUT2D eigenvalue weighted by molar-refractivity contribution is 0.0997. The van der Waals surface area contributed by atoms with Crippen molar-refractivity contribution in [3.63, 3.8) is 0 Å². The molecule has 5 nitrogen and oxygen atoms in total. The number of primary amides is 1. The molecule has 0 bridgehead atoms. The van der Waals surface area contributed by atoms with Crippen molar-refractivity contribution in [2.45, 2.75) is 10.2 Å². The Hall–Kier alpha value is -1.95. The Morgan fingerprint density at radius 2 is 1.81 bits per heavy atom. The number of hydrogen-bond acceptors (Lipinski definition) is 5. The summed E-state index contributed by atoms with van der Waals surface area (Å²) >= 11 is 1.21. The van der Waals surface area contributed by atoms with E-state index >= 15 is 0 Å². The van der Waals surface area contributed by atoms with Crippen LogP contribution in [0.25, 0.3) is 0 Å². The smallest absolute Gasteiger partial charge is 0.251 e. The van der Waals surface area contributed by atoms with Gasteiger partial charge in [-0.25, -0.2) is 15.0 Å². The number of carbonyl (C=O) groups is 1. The Kier molecular flexibility index (Phi) is 3.11. The number of nitrogens with two attached hydrogens (primary N) is 1. The number of hydrogen-bond donors (Lipinski definition) is 1. The highest BCUT2D eigenvalue weighted by molar-refractivity contribution is 7.99. The first-order valence-electron chi connectivity index (χ1n) is 4.47. The first-order chi connectivity index (χ1) is 7.77. The minimum Gasteiger partial charge on any atom is -0.366 e. The zero-order valence-electron chi connectivity index (χ0n) is 8.20. The number of carbonyl (C=O) groups excluding carboxylic acids is 1. The van der Waals surface area contributed by atoms with Crippen LogP contribution in [0.2, 0.25) is 0 Å². The highest BCUT2D eigenvalue weighted by atomic mass is 32.2. The summed E-state index contributed by atoms with van der Waals surface area (Å²) in [6.45, 7) is 0. The van der Waals surface area contributed by atoms with E-state index in [4.69, 9.17) is 5.73 Å². The molecule has 2 aromatic rings. The van der Waals surface area contributed by atoms with Crippen LogP contribution in [0.5, 0.6) is 0 Å². The maximum atomic E-state index is 11.1. The summed E-state index contributed by atoms with van der Waals surface area (Å²) in [4.78, 5) is 23.3. The van der Waals surface area contributed by atoms with Crippen molar-refractivity contribution in [2.75, 3.05) is 0 Å². The van der Waals surface area contributed by atoms with Crippen molar-refractivity contribution in [3.8, 4) is 0 Å². The van der Waals surface area contributed by atoms with Crippen LogP contribution in [0, 0.1) is 0 Å². The SMILES string of the molecule is NC(=O)c1cccnc1Sc1ncccn1. The van der Waals surface area contributed by atoms with Crippen molar-refractivity contribution < 1.29 is 4.79 Å². The molecule has 0 aliphatic rings. The lowest BCUT2D eigenvalue weighted by Crippen LogP contribution is -2.12. The Morgan fingerprint density at radius 3 is 2.50 bits per heavy atom. The topological polar surface area (TPSA) is 81.8 Å². The van der Waals surface area contributed by atoms with Crippen LogP contribution in [0.4, 0.5) is 0 Å². The number of nitrogens with zero attached hydrogens (tertiary/aromatic N) is 3. The van der Waals surface area contributed by atoms with Gasteiger partial charge in [0.15, 0.2) is 5.16 Å². The lowest BCUT2D eigenvalue weighted by Gasteiger charge is -2.02. The van der Waals surface area contributed by atoms with E-state index in [1.165, 1.54) is 11.8 Å². The van der Waals surface area contributed by atoms with Crippen LogP contribution < -0.4 is 5.73 Å². The van der Waals surface area contributed by atoms with Crippen molar-refractivity contribution >= 4 is 17.7 Å². The Balaban J connectivity index is 2.31. The Labute approximate surface area is 96.1 Å². The predicted molar refractivity (Wildman–Crippen MR) is 58.9 cm³/mol. The minimum absolute atomic E-state index is 0.375. The van der Waals surface area contributed by atoms with Gasteiger partial charge in [0.1, 0.15) is 5.03 Å². The van der Waals surface area contributed by atoms with Gasteiger partial charge < -0.3 is 5.73 Å². The second kappa shape index (κ2) is 4.71. The van der Waals surface area contributed by atoms with Gasteiger partial charge in [-0.1, -0.05) is 0 Å². The third-order valence-electron chi connectivity index (χ3n) is 1.77. The van der Waals surface area contributed by atoms with Crippen LogP contribution in [0.3, 0.4) is 0 Å². The predicted octanol–water partition coefficient (Wildman–Crippen LogP) is 1.12. The average molecular weight is 232 g/mol. The summed E-state index contributed by atoms with van der Waals surface area (Å²) in [5, 5.41) is 1.05.